The largest absolute Gasteiger partial charge is 0.308 e. The number of hydrogen-bond donors (Lipinski definition) is 1. The van der Waals surface area contributed by atoms with Gasteiger partial charge in [-0.1, -0.05) is 6.07 Å². The zero-order valence-electron chi connectivity index (χ0n) is 9.47. The number of nitrogens with one attached hydrogen (secondary N) is 1. The molecule has 0 spiro atoms. The van der Waals surface area contributed by atoms with Crippen molar-refractivity contribution in [3.8, 4) is 0 Å². The summed E-state index contributed by atoms with van der Waals surface area (Å²) in [6.07, 6.45) is 0. The molecule has 2 aromatic rings. The average molecular weight is 314 g/mol. The Morgan fingerprint density at radius 2 is 2.12 bits per heavy atom. The van der Waals surface area contributed by atoms with Crippen LogP contribution in [0.4, 0.5) is 4.39 Å². The smallest absolute Gasteiger partial charge is 0.123 e. The molecular formula is C13H13BrFNS. The summed E-state index contributed by atoms with van der Waals surface area (Å²) in [5, 5.41) is 5.38. The van der Waals surface area contributed by atoms with E-state index in [2.05, 4.69) is 26.6 Å². The molecule has 0 aliphatic carbocycles. The highest BCUT2D eigenvalue weighted by Gasteiger charge is 2.03. The van der Waals surface area contributed by atoms with E-state index >= 15 is 0 Å². The van der Waals surface area contributed by atoms with E-state index < -0.39 is 0 Å². The van der Waals surface area contributed by atoms with Gasteiger partial charge in [-0.05, 0) is 57.6 Å². The van der Waals surface area contributed by atoms with Crippen molar-refractivity contribution in [3.63, 3.8) is 0 Å². The number of rotatable bonds is 4. The van der Waals surface area contributed by atoms with Crippen molar-refractivity contribution in [2.45, 2.75) is 20.0 Å². The summed E-state index contributed by atoms with van der Waals surface area (Å²) >= 11 is 5.20. The lowest BCUT2D eigenvalue weighted by Gasteiger charge is -2.07. The first-order chi connectivity index (χ1) is 8.16. The van der Waals surface area contributed by atoms with Crippen molar-refractivity contribution < 1.29 is 4.39 Å². The van der Waals surface area contributed by atoms with E-state index in [1.54, 1.807) is 17.4 Å². The van der Waals surface area contributed by atoms with Gasteiger partial charge in [0.1, 0.15) is 5.82 Å². The normalized spacial score (nSPS) is 10.8. The Labute approximate surface area is 113 Å². The summed E-state index contributed by atoms with van der Waals surface area (Å²) in [5.74, 6) is -0.176. The maximum atomic E-state index is 13.1. The van der Waals surface area contributed by atoms with Crippen molar-refractivity contribution in [1.82, 2.24) is 5.32 Å². The highest BCUT2D eigenvalue weighted by atomic mass is 79.9. The molecule has 0 saturated heterocycles. The van der Waals surface area contributed by atoms with Crippen LogP contribution >= 0.6 is 27.3 Å². The molecule has 1 aromatic heterocycles. The quantitative estimate of drug-likeness (QED) is 0.890. The van der Waals surface area contributed by atoms with Crippen molar-refractivity contribution in [2.24, 2.45) is 0 Å². The zero-order valence-corrected chi connectivity index (χ0v) is 11.9. The van der Waals surface area contributed by atoms with E-state index in [0.717, 1.165) is 22.1 Å². The third-order valence-corrected chi connectivity index (χ3v) is 4.53. The minimum atomic E-state index is -0.176. The van der Waals surface area contributed by atoms with Crippen molar-refractivity contribution in [2.75, 3.05) is 0 Å². The summed E-state index contributed by atoms with van der Waals surface area (Å²) in [7, 11) is 0. The number of aryl methyl sites for hydroxylation is 1. The second-order valence-electron chi connectivity index (χ2n) is 3.87. The minimum Gasteiger partial charge on any atom is -0.308 e. The van der Waals surface area contributed by atoms with E-state index in [0.29, 0.717) is 6.54 Å². The number of thiophene rings is 1. The highest BCUT2D eigenvalue weighted by molar-refractivity contribution is 9.10. The maximum absolute atomic E-state index is 13.1. The van der Waals surface area contributed by atoms with Gasteiger partial charge in [0.15, 0.2) is 0 Å². The lowest BCUT2D eigenvalue weighted by atomic mass is 10.1. The molecule has 1 nitrogen and oxygen atoms in total. The molecule has 2 rings (SSSR count). The molecule has 4 heteroatoms. The molecule has 0 unspecified atom stereocenters. The van der Waals surface area contributed by atoms with Crippen LogP contribution in [0, 0.1) is 12.7 Å². The fourth-order valence-electron chi connectivity index (χ4n) is 1.59. The van der Waals surface area contributed by atoms with Gasteiger partial charge < -0.3 is 5.32 Å². The predicted octanol–water partition coefficient (Wildman–Crippen LogP) is 4.25. The number of benzene rings is 1. The van der Waals surface area contributed by atoms with Gasteiger partial charge in [0.2, 0.25) is 0 Å². The van der Waals surface area contributed by atoms with Crippen LogP contribution in [-0.2, 0) is 13.1 Å². The maximum Gasteiger partial charge on any atom is 0.123 e. The lowest BCUT2D eigenvalue weighted by Crippen LogP contribution is -2.13. The van der Waals surface area contributed by atoms with Crippen LogP contribution in [0.15, 0.2) is 34.1 Å². The summed E-state index contributed by atoms with van der Waals surface area (Å²) in [6.45, 7) is 3.49. The second kappa shape index (κ2) is 5.76. The molecule has 1 aromatic carbocycles. The van der Waals surface area contributed by atoms with Crippen LogP contribution in [0.3, 0.4) is 0 Å². The van der Waals surface area contributed by atoms with Crippen LogP contribution in [0.2, 0.25) is 0 Å². The van der Waals surface area contributed by atoms with Gasteiger partial charge in [0, 0.05) is 22.4 Å². The monoisotopic (exact) mass is 313 g/mol. The molecule has 0 aliphatic rings. The Bertz CT molecular complexity index is 510. The molecular weight excluding hydrogens is 301 g/mol. The summed E-state index contributed by atoms with van der Waals surface area (Å²) in [4.78, 5) is 1.26. The topological polar surface area (TPSA) is 12.0 Å². The van der Waals surface area contributed by atoms with Crippen molar-refractivity contribution >= 4 is 27.3 Å². The van der Waals surface area contributed by atoms with Crippen LogP contribution in [0.25, 0.3) is 0 Å². The Hall–Kier alpha value is -0.710. The van der Waals surface area contributed by atoms with Gasteiger partial charge in [0.25, 0.3) is 0 Å². The number of halogens is 2. The van der Waals surface area contributed by atoms with E-state index in [1.807, 2.05) is 19.1 Å². The zero-order chi connectivity index (χ0) is 12.3. The molecule has 90 valence electrons. The lowest BCUT2D eigenvalue weighted by molar-refractivity contribution is 0.619. The highest BCUT2D eigenvalue weighted by Crippen LogP contribution is 2.22. The Morgan fingerprint density at radius 3 is 2.82 bits per heavy atom. The third-order valence-electron chi connectivity index (χ3n) is 2.60. The van der Waals surface area contributed by atoms with Gasteiger partial charge in [0.05, 0.1) is 0 Å². The molecule has 0 fully saturated rings. The summed E-state index contributed by atoms with van der Waals surface area (Å²) in [5.41, 5.74) is 2.13. The summed E-state index contributed by atoms with van der Waals surface area (Å²) in [6, 6.07) is 6.93. The predicted molar refractivity (Wildman–Crippen MR) is 73.7 cm³/mol. The first kappa shape index (κ1) is 12.7. The minimum absolute atomic E-state index is 0.176. The molecule has 0 aliphatic heterocycles. The van der Waals surface area contributed by atoms with Gasteiger partial charge in [-0.15, -0.1) is 11.3 Å². The van der Waals surface area contributed by atoms with Crippen LogP contribution < -0.4 is 5.32 Å². The molecule has 0 bridgehead atoms. The van der Waals surface area contributed by atoms with Crippen molar-refractivity contribution in [1.29, 1.82) is 0 Å². The molecule has 0 amide bonds. The summed E-state index contributed by atoms with van der Waals surface area (Å²) < 4.78 is 14.2. The van der Waals surface area contributed by atoms with Crippen LogP contribution in [0.5, 0.6) is 0 Å². The molecule has 0 radical (unpaired) electrons. The molecule has 0 atom stereocenters. The van der Waals surface area contributed by atoms with Crippen LogP contribution in [0.1, 0.15) is 16.0 Å². The van der Waals surface area contributed by atoms with E-state index in [4.69, 9.17) is 0 Å². The van der Waals surface area contributed by atoms with E-state index in [9.17, 15) is 4.39 Å². The van der Waals surface area contributed by atoms with Gasteiger partial charge in [-0.2, -0.15) is 0 Å². The van der Waals surface area contributed by atoms with Gasteiger partial charge in [-0.25, -0.2) is 4.39 Å². The standard InChI is InChI=1S/C13H13BrFNS/c1-9-2-3-11(15)6-10(9)7-16-8-13-12(14)4-5-17-13/h2-6,16H,7-8H2,1H3. The molecule has 17 heavy (non-hydrogen) atoms. The second-order valence-corrected chi connectivity index (χ2v) is 5.72. The fraction of sp³-hybridized carbons (Fsp3) is 0.231. The molecule has 0 saturated carbocycles. The Morgan fingerprint density at radius 1 is 1.29 bits per heavy atom. The SMILES string of the molecule is Cc1ccc(F)cc1CNCc1sccc1Br. The molecule has 1 heterocycles. The Kier molecular flexibility index (Phi) is 4.31. The van der Waals surface area contributed by atoms with Gasteiger partial charge in [-0.3, -0.25) is 0 Å². The van der Waals surface area contributed by atoms with Crippen molar-refractivity contribution in [3.05, 3.63) is 55.9 Å². The molecule has 1 N–H and O–H groups in total. The average Bonchev–Trinajstić information content (AvgIpc) is 2.70. The first-order valence-electron chi connectivity index (χ1n) is 5.34. The fourth-order valence-corrected chi connectivity index (χ4v) is 3.05. The van der Waals surface area contributed by atoms with E-state index in [1.165, 1.54) is 10.9 Å². The first-order valence-corrected chi connectivity index (χ1v) is 7.01. The van der Waals surface area contributed by atoms with Gasteiger partial charge >= 0.3 is 0 Å². The van der Waals surface area contributed by atoms with E-state index in [-0.39, 0.29) is 5.82 Å². The Balaban J connectivity index is 1.94. The van der Waals surface area contributed by atoms with Crippen LogP contribution in [-0.4, -0.2) is 0 Å². The number of hydrogen-bond acceptors (Lipinski definition) is 2. The third kappa shape index (κ3) is 3.37.